The highest BCUT2D eigenvalue weighted by Crippen LogP contribution is 2.30. The van der Waals surface area contributed by atoms with E-state index in [1.807, 2.05) is 20.0 Å². The number of aromatic nitrogens is 2. The van der Waals surface area contributed by atoms with E-state index < -0.39 is 5.60 Å². The number of benzene rings is 1. The van der Waals surface area contributed by atoms with Gasteiger partial charge in [-0.2, -0.15) is 10.4 Å². The van der Waals surface area contributed by atoms with Crippen LogP contribution in [0.4, 0.5) is 0 Å². The van der Waals surface area contributed by atoms with Crippen LogP contribution in [0.25, 0.3) is 0 Å². The van der Waals surface area contributed by atoms with E-state index in [0.717, 1.165) is 21.4 Å². The van der Waals surface area contributed by atoms with Crippen LogP contribution in [0.1, 0.15) is 29.4 Å². The zero-order valence-corrected chi connectivity index (χ0v) is 13.3. The first-order valence-corrected chi connectivity index (χ1v) is 7.05. The number of aryl methyl sites for hydroxylation is 2. The summed E-state index contributed by atoms with van der Waals surface area (Å²) in [5.41, 5.74) is 2.03. The molecule has 0 radical (unpaired) electrons. The van der Waals surface area contributed by atoms with Crippen molar-refractivity contribution < 1.29 is 5.11 Å². The second kappa shape index (κ2) is 5.39. The molecule has 20 heavy (non-hydrogen) atoms. The van der Waals surface area contributed by atoms with Gasteiger partial charge >= 0.3 is 0 Å². The lowest BCUT2D eigenvalue weighted by Gasteiger charge is -2.24. The number of nitriles is 1. The molecule has 104 valence electrons. The summed E-state index contributed by atoms with van der Waals surface area (Å²) in [5.74, 6) is 0. The van der Waals surface area contributed by atoms with Crippen molar-refractivity contribution in [3.05, 3.63) is 51.3 Å². The topological polar surface area (TPSA) is 61.8 Å². The molecule has 2 aromatic rings. The van der Waals surface area contributed by atoms with E-state index in [4.69, 9.17) is 5.26 Å². The van der Waals surface area contributed by atoms with E-state index in [2.05, 4.69) is 27.1 Å². The van der Waals surface area contributed by atoms with Crippen LogP contribution in [0, 0.1) is 18.3 Å². The molecule has 1 heterocycles. The van der Waals surface area contributed by atoms with Gasteiger partial charge in [-0.15, -0.1) is 0 Å². The Hall–Kier alpha value is -1.64. The van der Waals surface area contributed by atoms with Crippen LogP contribution in [0.15, 0.2) is 28.7 Å². The van der Waals surface area contributed by atoms with E-state index in [-0.39, 0.29) is 0 Å². The summed E-state index contributed by atoms with van der Waals surface area (Å²) >= 11 is 3.51. The number of nitrogens with zero attached hydrogens (tertiary/aromatic N) is 3. The van der Waals surface area contributed by atoms with Gasteiger partial charge in [-0.1, -0.05) is 12.1 Å². The van der Waals surface area contributed by atoms with E-state index in [0.29, 0.717) is 12.0 Å². The maximum Gasteiger partial charge on any atom is 0.0991 e. The molecular weight excluding hydrogens is 318 g/mol. The summed E-state index contributed by atoms with van der Waals surface area (Å²) in [6.07, 6.45) is 0.416. The number of rotatable bonds is 3. The van der Waals surface area contributed by atoms with Crippen LogP contribution in [-0.2, 0) is 19.1 Å². The lowest BCUT2D eigenvalue weighted by Crippen LogP contribution is -2.25. The molecule has 1 unspecified atom stereocenters. The molecule has 0 saturated carbocycles. The van der Waals surface area contributed by atoms with Gasteiger partial charge in [0.05, 0.1) is 33.1 Å². The van der Waals surface area contributed by atoms with Crippen LogP contribution in [0.5, 0.6) is 0 Å². The van der Waals surface area contributed by atoms with E-state index in [9.17, 15) is 5.11 Å². The van der Waals surface area contributed by atoms with Crippen molar-refractivity contribution in [1.82, 2.24) is 9.78 Å². The molecule has 0 amide bonds. The second-order valence-electron chi connectivity index (χ2n) is 5.11. The van der Waals surface area contributed by atoms with Gasteiger partial charge in [-0.05, 0) is 47.5 Å². The van der Waals surface area contributed by atoms with Gasteiger partial charge in [0.1, 0.15) is 0 Å². The van der Waals surface area contributed by atoms with Crippen LogP contribution in [0.2, 0.25) is 0 Å². The van der Waals surface area contributed by atoms with Crippen molar-refractivity contribution in [3.8, 4) is 6.07 Å². The highest BCUT2D eigenvalue weighted by atomic mass is 79.9. The number of hydrogen-bond donors (Lipinski definition) is 1. The molecule has 0 aliphatic rings. The van der Waals surface area contributed by atoms with Gasteiger partial charge in [-0.3, -0.25) is 4.68 Å². The lowest BCUT2D eigenvalue weighted by atomic mass is 9.90. The third-order valence-corrected chi connectivity index (χ3v) is 4.42. The summed E-state index contributed by atoms with van der Waals surface area (Å²) < 4.78 is 2.68. The van der Waals surface area contributed by atoms with Gasteiger partial charge in [0.15, 0.2) is 0 Å². The molecule has 1 N–H and O–H groups in total. The molecule has 1 aromatic heterocycles. The Balaban J connectivity index is 2.38. The Bertz CT molecular complexity index is 683. The van der Waals surface area contributed by atoms with Crippen molar-refractivity contribution in [2.45, 2.75) is 25.9 Å². The molecule has 1 atom stereocenters. The maximum absolute atomic E-state index is 10.7. The predicted octanol–water partition coefficient (Wildman–Crippen LogP) is 2.81. The molecule has 4 nitrogen and oxygen atoms in total. The van der Waals surface area contributed by atoms with Crippen LogP contribution < -0.4 is 0 Å². The van der Waals surface area contributed by atoms with Gasteiger partial charge in [-0.25, -0.2) is 0 Å². The zero-order chi connectivity index (χ0) is 14.9. The number of halogens is 1. The summed E-state index contributed by atoms with van der Waals surface area (Å²) in [6.45, 7) is 3.66. The monoisotopic (exact) mass is 333 g/mol. The quantitative estimate of drug-likeness (QED) is 0.939. The van der Waals surface area contributed by atoms with Crippen molar-refractivity contribution in [1.29, 1.82) is 5.26 Å². The molecular formula is C15H16BrN3O. The average molecular weight is 334 g/mol. The number of hydrogen-bond acceptors (Lipinski definition) is 3. The third-order valence-electron chi connectivity index (χ3n) is 3.39. The van der Waals surface area contributed by atoms with Crippen LogP contribution in [0.3, 0.4) is 0 Å². The first kappa shape index (κ1) is 14.8. The van der Waals surface area contributed by atoms with Gasteiger partial charge in [0.25, 0.3) is 0 Å². The molecule has 0 spiro atoms. The second-order valence-corrected chi connectivity index (χ2v) is 5.91. The van der Waals surface area contributed by atoms with E-state index in [1.165, 1.54) is 0 Å². The Morgan fingerprint density at radius 2 is 2.20 bits per heavy atom. The van der Waals surface area contributed by atoms with Crippen molar-refractivity contribution in [2.24, 2.45) is 7.05 Å². The maximum atomic E-state index is 10.7. The smallest absolute Gasteiger partial charge is 0.0991 e. The third kappa shape index (κ3) is 2.77. The summed E-state index contributed by atoms with van der Waals surface area (Å²) in [4.78, 5) is 0. The first-order chi connectivity index (χ1) is 9.35. The summed E-state index contributed by atoms with van der Waals surface area (Å²) in [5, 5.41) is 24.0. The minimum Gasteiger partial charge on any atom is -0.385 e. The minimum atomic E-state index is -1.06. The standard InChI is InChI=1S/C15H16BrN3O/c1-10-14(16)13(19(3)18-10)8-15(2,20)12-6-4-5-11(7-12)9-17/h4-7,20H,8H2,1-3H3. The highest BCUT2D eigenvalue weighted by molar-refractivity contribution is 9.10. The van der Waals surface area contributed by atoms with Gasteiger partial charge < -0.3 is 5.11 Å². The molecule has 0 saturated heterocycles. The molecule has 1 aromatic carbocycles. The Kier molecular flexibility index (Phi) is 3.98. The van der Waals surface area contributed by atoms with Crippen LogP contribution >= 0.6 is 15.9 Å². The Labute approximate surface area is 126 Å². The fraction of sp³-hybridized carbons (Fsp3) is 0.333. The normalized spacial score (nSPS) is 13.8. The molecule has 0 aliphatic heterocycles. The molecule has 0 aliphatic carbocycles. The SMILES string of the molecule is Cc1nn(C)c(CC(C)(O)c2cccc(C#N)c2)c1Br. The highest BCUT2D eigenvalue weighted by Gasteiger charge is 2.27. The van der Waals surface area contributed by atoms with Gasteiger partial charge in [0, 0.05) is 13.5 Å². The van der Waals surface area contributed by atoms with Crippen LogP contribution in [-0.4, -0.2) is 14.9 Å². The molecule has 5 heteroatoms. The summed E-state index contributed by atoms with van der Waals surface area (Å²) in [7, 11) is 1.86. The Morgan fingerprint density at radius 1 is 1.50 bits per heavy atom. The van der Waals surface area contributed by atoms with Gasteiger partial charge in [0.2, 0.25) is 0 Å². The Morgan fingerprint density at radius 3 is 2.75 bits per heavy atom. The van der Waals surface area contributed by atoms with Crippen molar-refractivity contribution >= 4 is 15.9 Å². The van der Waals surface area contributed by atoms with Crippen molar-refractivity contribution in [2.75, 3.05) is 0 Å². The molecule has 0 fully saturated rings. The lowest BCUT2D eigenvalue weighted by molar-refractivity contribution is 0.0554. The van der Waals surface area contributed by atoms with E-state index in [1.54, 1.807) is 29.8 Å². The summed E-state index contributed by atoms with van der Waals surface area (Å²) in [6, 6.07) is 9.15. The van der Waals surface area contributed by atoms with Crippen molar-refractivity contribution in [3.63, 3.8) is 0 Å². The largest absolute Gasteiger partial charge is 0.385 e. The zero-order valence-electron chi connectivity index (χ0n) is 11.7. The first-order valence-electron chi connectivity index (χ1n) is 6.26. The minimum absolute atomic E-state index is 0.416. The molecule has 0 bridgehead atoms. The predicted molar refractivity (Wildman–Crippen MR) is 80.1 cm³/mol. The fourth-order valence-corrected chi connectivity index (χ4v) is 2.70. The number of aliphatic hydroxyl groups is 1. The average Bonchev–Trinajstić information content (AvgIpc) is 2.65. The molecule has 2 rings (SSSR count). The van der Waals surface area contributed by atoms with E-state index >= 15 is 0 Å². The fourth-order valence-electron chi connectivity index (χ4n) is 2.22.